The highest BCUT2D eigenvalue weighted by atomic mass is 16.5. The first-order valence-electron chi connectivity index (χ1n) is 6.76. The Kier molecular flexibility index (Phi) is 4.12. The number of nitrogens with two attached hydrogens (primary N) is 1. The molecule has 1 aromatic carbocycles. The Labute approximate surface area is 110 Å². The first kappa shape index (κ1) is 13.2. The zero-order valence-electron chi connectivity index (χ0n) is 11.5. The molecule has 0 bridgehead atoms. The van der Waals surface area contributed by atoms with E-state index in [0.29, 0.717) is 5.41 Å². The molecule has 100 valence electrons. The number of benzene rings is 1. The quantitative estimate of drug-likeness (QED) is 0.788. The number of methoxy groups -OCH3 is 1. The van der Waals surface area contributed by atoms with Gasteiger partial charge in [0.1, 0.15) is 5.75 Å². The smallest absolute Gasteiger partial charge is 0.125 e. The molecular weight excluding hydrogens is 224 g/mol. The van der Waals surface area contributed by atoms with Gasteiger partial charge in [0.25, 0.3) is 0 Å². The maximum absolute atomic E-state index is 5.75. The van der Waals surface area contributed by atoms with Gasteiger partial charge in [-0.15, -0.1) is 0 Å². The average Bonchev–Trinajstić information content (AvgIpc) is 2.78. The average molecular weight is 248 g/mol. The van der Waals surface area contributed by atoms with Crippen molar-refractivity contribution < 1.29 is 4.74 Å². The van der Waals surface area contributed by atoms with Gasteiger partial charge in [-0.2, -0.15) is 0 Å². The second-order valence-electron chi connectivity index (χ2n) is 5.69. The molecule has 1 aliphatic rings. The van der Waals surface area contributed by atoms with Crippen LogP contribution in [0.2, 0.25) is 0 Å². The van der Waals surface area contributed by atoms with Crippen molar-refractivity contribution in [1.82, 2.24) is 5.32 Å². The Morgan fingerprint density at radius 3 is 2.72 bits per heavy atom. The van der Waals surface area contributed by atoms with Gasteiger partial charge < -0.3 is 15.8 Å². The van der Waals surface area contributed by atoms with E-state index in [0.717, 1.165) is 24.5 Å². The van der Waals surface area contributed by atoms with E-state index in [4.69, 9.17) is 10.5 Å². The molecule has 2 rings (SSSR count). The topological polar surface area (TPSA) is 47.3 Å². The highest BCUT2D eigenvalue weighted by Gasteiger charge is 2.27. The van der Waals surface area contributed by atoms with E-state index in [1.54, 1.807) is 7.11 Å². The summed E-state index contributed by atoms with van der Waals surface area (Å²) in [6.07, 6.45) is 5.45. The Bertz CT molecular complexity index is 397. The van der Waals surface area contributed by atoms with Gasteiger partial charge in [0.05, 0.1) is 7.11 Å². The third-order valence-electron chi connectivity index (χ3n) is 3.99. The summed E-state index contributed by atoms with van der Waals surface area (Å²) in [5.41, 5.74) is 8.16. The molecule has 1 aromatic rings. The van der Waals surface area contributed by atoms with E-state index in [1.807, 2.05) is 18.2 Å². The maximum Gasteiger partial charge on any atom is 0.125 e. The van der Waals surface area contributed by atoms with E-state index in [1.165, 1.54) is 31.2 Å². The molecule has 3 nitrogen and oxygen atoms in total. The van der Waals surface area contributed by atoms with Crippen molar-refractivity contribution in [3.05, 3.63) is 23.8 Å². The number of nitrogens with one attached hydrogen (secondary N) is 1. The van der Waals surface area contributed by atoms with Crippen LogP contribution >= 0.6 is 0 Å². The molecule has 0 amide bonds. The van der Waals surface area contributed by atoms with Gasteiger partial charge in [-0.1, -0.05) is 25.8 Å². The van der Waals surface area contributed by atoms with Crippen LogP contribution in [0, 0.1) is 5.41 Å². The highest BCUT2D eigenvalue weighted by molar-refractivity contribution is 5.48. The maximum atomic E-state index is 5.75. The Morgan fingerprint density at radius 2 is 2.06 bits per heavy atom. The minimum absolute atomic E-state index is 0.487. The molecule has 0 radical (unpaired) electrons. The van der Waals surface area contributed by atoms with Crippen molar-refractivity contribution >= 4 is 5.69 Å². The van der Waals surface area contributed by atoms with Crippen molar-refractivity contribution in [1.29, 1.82) is 0 Å². The number of hydrogen-bond donors (Lipinski definition) is 2. The van der Waals surface area contributed by atoms with Crippen molar-refractivity contribution in [2.45, 2.75) is 39.2 Å². The molecule has 18 heavy (non-hydrogen) atoms. The zero-order chi connectivity index (χ0) is 13.0. The van der Waals surface area contributed by atoms with E-state index < -0.39 is 0 Å². The van der Waals surface area contributed by atoms with Gasteiger partial charge >= 0.3 is 0 Å². The fourth-order valence-corrected chi connectivity index (χ4v) is 2.81. The summed E-state index contributed by atoms with van der Waals surface area (Å²) in [4.78, 5) is 0. The summed E-state index contributed by atoms with van der Waals surface area (Å²) in [6.45, 7) is 4.31. The summed E-state index contributed by atoms with van der Waals surface area (Å²) in [6, 6.07) is 5.85. The number of rotatable bonds is 5. The van der Waals surface area contributed by atoms with Crippen LogP contribution in [-0.4, -0.2) is 13.7 Å². The third kappa shape index (κ3) is 3.16. The van der Waals surface area contributed by atoms with Gasteiger partial charge in [-0.3, -0.25) is 0 Å². The second-order valence-corrected chi connectivity index (χ2v) is 5.69. The first-order valence-corrected chi connectivity index (χ1v) is 6.76. The highest BCUT2D eigenvalue weighted by Crippen LogP contribution is 2.36. The Balaban J connectivity index is 1.90. The largest absolute Gasteiger partial charge is 0.496 e. The van der Waals surface area contributed by atoms with Gasteiger partial charge in [0.2, 0.25) is 0 Å². The van der Waals surface area contributed by atoms with Crippen LogP contribution in [0.5, 0.6) is 5.75 Å². The van der Waals surface area contributed by atoms with Crippen LogP contribution in [0.1, 0.15) is 38.2 Å². The predicted octanol–water partition coefficient (Wildman–Crippen LogP) is 2.95. The molecule has 0 atom stereocenters. The summed E-state index contributed by atoms with van der Waals surface area (Å²) in [7, 11) is 1.69. The summed E-state index contributed by atoms with van der Waals surface area (Å²) in [5, 5.41) is 3.56. The molecule has 0 heterocycles. The summed E-state index contributed by atoms with van der Waals surface area (Å²) in [5.74, 6) is 0.874. The van der Waals surface area contributed by atoms with Crippen molar-refractivity contribution in [2.75, 3.05) is 19.4 Å². The molecule has 0 unspecified atom stereocenters. The van der Waals surface area contributed by atoms with Gasteiger partial charge in [-0.05, 0) is 24.3 Å². The number of nitrogen functional groups attached to an aromatic ring is 1. The number of hydrogen-bond acceptors (Lipinski definition) is 3. The van der Waals surface area contributed by atoms with E-state index >= 15 is 0 Å². The lowest BCUT2D eigenvalue weighted by Crippen LogP contribution is -2.29. The number of anilines is 1. The summed E-state index contributed by atoms with van der Waals surface area (Å²) < 4.78 is 5.35. The first-order chi connectivity index (χ1) is 8.63. The predicted molar refractivity (Wildman–Crippen MR) is 75.7 cm³/mol. The molecular formula is C15H24N2O. The van der Waals surface area contributed by atoms with Crippen LogP contribution in [-0.2, 0) is 6.54 Å². The zero-order valence-corrected chi connectivity index (χ0v) is 11.5. The van der Waals surface area contributed by atoms with E-state index in [2.05, 4.69) is 12.2 Å². The summed E-state index contributed by atoms with van der Waals surface area (Å²) >= 11 is 0. The van der Waals surface area contributed by atoms with Gasteiger partial charge in [-0.25, -0.2) is 0 Å². The molecule has 1 fully saturated rings. The molecule has 0 saturated heterocycles. The standard InChI is InChI=1S/C15H24N2O/c1-15(7-3-4-8-15)11-17-10-12-5-6-13(16)9-14(12)18-2/h5-6,9,17H,3-4,7-8,10-11,16H2,1-2H3. The Hall–Kier alpha value is -1.22. The van der Waals surface area contributed by atoms with Gasteiger partial charge in [0.15, 0.2) is 0 Å². The minimum Gasteiger partial charge on any atom is -0.496 e. The van der Waals surface area contributed by atoms with Crippen molar-refractivity contribution in [2.24, 2.45) is 5.41 Å². The fourth-order valence-electron chi connectivity index (χ4n) is 2.81. The fraction of sp³-hybridized carbons (Fsp3) is 0.600. The molecule has 1 aliphatic carbocycles. The van der Waals surface area contributed by atoms with Crippen LogP contribution in [0.15, 0.2) is 18.2 Å². The molecule has 1 saturated carbocycles. The SMILES string of the molecule is COc1cc(N)ccc1CNCC1(C)CCCC1. The van der Waals surface area contributed by atoms with Crippen LogP contribution in [0.25, 0.3) is 0 Å². The van der Waals surface area contributed by atoms with Crippen LogP contribution < -0.4 is 15.8 Å². The lowest BCUT2D eigenvalue weighted by atomic mass is 9.89. The third-order valence-corrected chi connectivity index (χ3v) is 3.99. The van der Waals surface area contributed by atoms with Crippen molar-refractivity contribution in [3.8, 4) is 5.75 Å². The second kappa shape index (κ2) is 5.61. The monoisotopic (exact) mass is 248 g/mol. The van der Waals surface area contributed by atoms with E-state index in [-0.39, 0.29) is 0 Å². The van der Waals surface area contributed by atoms with Crippen molar-refractivity contribution in [3.63, 3.8) is 0 Å². The Morgan fingerprint density at radius 1 is 1.33 bits per heavy atom. The normalized spacial score (nSPS) is 17.9. The minimum atomic E-state index is 0.487. The lowest BCUT2D eigenvalue weighted by molar-refractivity contribution is 0.313. The van der Waals surface area contributed by atoms with Gasteiger partial charge in [0, 0.05) is 30.4 Å². The van der Waals surface area contributed by atoms with Crippen LogP contribution in [0.4, 0.5) is 5.69 Å². The van der Waals surface area contributed by atoms with E-state index in [9.17, 15) is 0 Å². The van der Waals surface area contributed by atoms with Crippen LogP contribution in [0.3, 0.4) is 0 Å². The molecule has 0 spiro atoms. The number of ether oxygens (including phenoxy) is 1. The molecule has 3 N–H and O–H groups in total. The molecule has 0 aromatic heterocycles. The molecule has 3 heteroatoms. The molecule has 0 aliphatic heterocycles. The lowest BCUT2D eigenvalue weighted by Gasteiger charge is -2.24.